The van der Waals surface area contributed by atoms with E-state index in [-0.39, 0.29) is 23.6 Å². The molecule has 0 spiro atoms. The largest absolute Gasteiger partial charge is 0.508 e. The summed E-state index contributed by atoms with van der Waals surface area (Å²) in [5.74, 6) is -1.12. The molecule has 0 saturated carbocycles. The van der Waals surface area contributed by atoms with E-state index in [0.717, 1.165) is 12.8 Å². The maximum Gasteiger partial charge on any atom is 0.408 e. The number of para-hydroxylation sites is 1. The molecule has 4 atom stereocenters. The summed E-state index contributed by atoms with van der Waals surface area (Å²) >= 11 is 0. The third kappa shape index (κ3) is 9.03. The lowest BCUT2D eigenvalue weighted by Crippen LogP contribution is -2.60. The molecule has 8 heteroatoms. The monoisotopic (exact) mass is 505 g/mol. The van der Waals surface area contributed by atoms with E-state index < -0.39 is 35.2 Å². The Morgan fingerprint density at radius 2 is 1.58 bits per heavy atom. The minimum absolute atomic E-state index is 0.0805. The number of hydrogen-bond donors (Lipinski definition) is 3. The molecule has 0 radical (unpaired) electrons. The molecule has 1 aromatic carbocycles. The minimum Gasteiger partial charge on any atom is -0.508 e. The summed E-state index contributed by atoms with van der Waals surface area (Å²) in [6.45, 7) is 18.5. The first kappa shape index (κ1) is 31.3. The van der Waals surface area contributed by atoms with Gasteiger partial charge in [-0.1, -0.05) is 51.8 Å². The van der Waals surface area contributed by atoms with Crippen LogP contribution < -0.4 is 10.6 Å². The van der Waals surface area contributed by atoms with Gasteiger partial charge in [-0.15, -0.1) is 0 Å². The topological polar surface area (TPSA) is 108 Å². The molecule has 0 saturated heterocycles. The molecule has 8 nitrogen and oxygen atoms in total. The van der Waals surface area contributed by atoms with E-state index in [1.807, 2.05) is 48.5 Å². The lowest BCUT2D eigenvalue weighted by molar-refractivity contribution is -0.149. The predicted octanol–water partition coefficient (Wildman–Crippen LogP) is 5.30. The number of ether oxygens (including phenoxy) is 1. The van der Waals surface area contributed by atoms with Crippen LogP contribution in [0.3, 0.4) is 0 Å². The lowest BCUT2D eigenvalue weighted by Gasteiger charge is -2.44. The van der Waals surface area contributed by atoms with Crippen LogP contribution in [0.5, 0.6) is 5.75 Å². The van der Waals surface area contributed by atoms with Gasteiger partial charge in [-0.05, 0) is 66.9 Å². The maximum absolute atomic E-state index is 14.2. The Morgan fingerprint density at radius 1 is 1.00 bits per heavy atom. The van der Waals surface area contributed by atoms with E-state index in [9.17, 15) is 19.5 Å². The number of carbonyl (C=O) groups is 3. The first-order valence-electron chi connectivity index (χ1n) is 12.9. The Bertz CT molecular complexity index is 888. The molecule has 3 amide bonds. The van der Waals surface area contributed by atoms with E-state index in [4.69, 9.17) is 4.74 Å². The summed E-state index contributed by atoms with van der Waals surface area (Å²) in [5.41, 5.74) is -1.23. The Kier molecular flexibility index (Phi) is 11.3. The van der Waals surface area contributed by atoms with Gasteiger partial charge in [0.25, 0.3) is 0 Å². The van der Waals surface area contributed by atoms with Crippen molar-refractivity contribution >= 4 is 17.9 Å². The van der Waals surface area contributed by atoms with Gasteiger partial charge in [-0.25, -0.2) is 4.79 Å². The van der Waals surface area contributed by atoms with Crippen molar-refractivity contribution in [2.24, 2.45) is 5.92 Å². The molecule has 1 rings (SSSR count). The van der Waals surface area contributed by atoms with Gasteiger partial charge < -0.3 is 25.4 Å². The summed E-state index contributed by atoms with van der Waals surface area (Å²) in [6.07, 6.45) is 1.58. The molecule has 0 aliphatic rings. The van der Waals surface area contributed by atoms with Gasteiger partial charge in [0.2, 0.25) is 11.8 Å². The van der Waals surface area contributed by atoms with Crippen molar-refractivity contribution < 1.29 is 24.2 Å². The van der Waals surface area contributed by atoms with Gasteiger partial charge in [0.1, 0.15) is 23.4 Å². The average Bonchev–Trinajstić information content (AvgIpc) is 2.73. The van der Waals surface area contributed by atoms with Crippen LogP contribution in [-0.2, 0) is 14.3 Å². The van der Waals surface area contributed by atoms with Crippen LogP contribution in [0, 0.1) is 5.92 Å². The Morgan fingerprint density at radius 3 is 2.06 bits per heavy atom. The van der Waals surface area contributed by atoms with Crippen molar-refractivity contribution in [2.75, 3.05) is 0 Å². The van der Waals surface area contributed by atoms with Crippen LogP contribution in [-0.4, -0.2) is 51.1 Å². The number of phenolic OH excluding ortho intramolecular Hbond substituents is 1. The Balaban J connectivity index is 3.61. The number of carbonyl (C=O) groups excluding carboxylic acids is 3. The van der Waals surface area contributed by atoms with Crippen LogP contribution in [0.2, 0.25) is 0 Å². The third-order valence-electron chi connectivity index (χ3n) is 5.96. The Labute approximate surface area is 217 Å². The number of amides is 3. The van der Waals surface area contributed by atoms with Crippen LogP contribution in [0.25, 0.3) is 0 Å². The van der Waals surface area contributed by atoms with Gasteiger partial charge in [0.15, 0.2) is 0 Å². The standard InChI is InChI=1S/C28H47N3O5/c1-11-15-19(4)29-24(33)23(20-16-13-14-17-21(20)32)31(27(5,6)7)25(34)22(18(3)12-2)30-26(35)36-28(8,9)10/h13-14,16-19,22-23,32H,11-12,15H2,1-10H3,(H,29,33)(H,30,35). The molecule has 0 aliphatic carbocycles. The van der Waals surface area contributed by atoms with Crippen molar-refractivity contribution in [3.63, 3.8) is 0 Å². The summed E-state index contributed by atoms with van der Waals surface area (Å²) in [7, 11) is 0. The number of aromatic hydroxyl groups is 1. The zero-order valence-electron chi connectivity index (χ0n) is 23.8. The number of nitrogens with zero attached hydrogens (tertiary/aromatic N) is 1. The summed E-state index contributed by atoms with van der Waals surface area (Å²) < 4.78 is 5.43. The van der Waals surface area contributed by atoms with Gasteiger partial charge in [0, 0.05) is 17.1 Å². The quantitative estimate of drug-likeness (QED) is 0.400. The van der Waals surface area contributed by atoms with E-state index >= 15 is 0 Å². The molecule has 0 aliphatic heterocycles. The van der Waals surface area contributed by atoms with Crippen molar-refractivity contribution in [3.05, 3.63) is 29.8 Å². The zero-order chi connectivity index (χ0) is 27.8. The van der Waals surface area contributed by atoms with Crippen molar-refractivity contribution in [3.8, 4) is 5.75 Å². The van der Waals surface area contributed by atoms with Crippen LogP contribution in [0.4, 0.5) is 4.79 Å². The smallest absolute Gasteiger partial charge is 0.408 e. The first-order chi connectivity index (χ1) is 16.5. The summed E-state index contributed by atoms with van der Waals surface area (Å²) in [6, 6.07) is 4.39. The highest BCUT2D eigenvalue weighted by atomic mass is 16.6. The maximum atomic E-state index is 14.2. The first-order valence-corrected chi connectivity index (χ1v) is 12.9. The molecule has 4 unspecified atom stereocenters. The fourth-order valence-electron chi connectivity index (χ4n) is 4.06. The zero-order valence-corrected chi connectivity index (χ0v) is 23.8. The highest BCUT2D eigenvalue weighted by molar-refractivity contribution is 5.93. The molecule has 0 bridgehead atoms. The number of nitrogens with one attached hydrogen (secondary N) is 2. The second kappa shape index (κ2) is 13.0. The van der Waals surface area contributed by atoms with Crippen LogP contribution in [0.1, 0.15) is 100 Å². The van der Waals surface area contributed by atoms with Crippen molar-refractivity contribution in [1.29, 1.82) is 0 Å². The molecule has 0 aromatic heterocycles. The number of benzene rings is 1. The summed E-state index contributed by atoms with van der Waals surface area (Å²) in [5, 5.41) is 16.5. The van der Waals surface area contributed by atoms with Gasteiger partial charge in [-0.2, -0.15) is 0 Å². The number of hydrogen-bond acceptors (Lipinski definition) is 5. The molecule has 204 valence electrons. The van der Waals surface area contributed by atoms with E-state index in [0.29, 0.717) is 12.0 Å². The predicted molar refractivity (Wildman–Crippen MR) is 143 cm³/mol. The van der Waals surface area contributed by atoms with Crippen molar-refractivity contribution in [1.82, 2.24) is 15.5 Å². The third-order valence-corrected chi connectivity index (χ3v) is 5.96. The molecule has 0 fully saturated rings. The lowest BCUT2D eigenvalue weighted by atomic mass is 9.91. The molecule has 0 heterocycles. The SMILES string of the molecule is CCCC(C)NC(=O)C(c1ccccc1O)N(C(=O)C(NC(=O)OC(C)(C)C)C(C)CC)C(C)(C)C. The molecule has 36 heavy (non-hydrogen) atoms. The van der Waals surface area contributed by atoms with Crippen LogP contribution >= 0.6 is 0 Å². The van der Waals surface area contributed by atoms with E-state index in [1.54, 1.807) is 39.0 Å². The molecular formula is C28H47N3O5. The second-order valence-corrected chi connectivity index (χ2v) is 11.5. The number of phenols is 1. The number of rotatable bonds is 10. The normalized spacial score (nSPS) is 15.3. The van der Waals surface area contributed by atoms with Crippen LogP contribution in [0.15, 0.2) is 24.3 Å². The Hall–Kier alpha value is -2.77. The minimum atomic E-state index is -1.11. The summed E-state index contributed by atoms with van der Waals surface area (Å²) in [4.78, 5) is 42.1. The number of alkyl carbamates (subject to hydrolysis) is 1. The van der Waals surface area contributed by atoms with Gasteiger partial charge >= 0.3 is 6.09 Å². The molecular weight excluding hydrogens is 458 g/mol. The van der Waals surface area contributed by atoms with Gasteiger partial charge in [-0.3, -0.25) is 9.59 Å². The highest BCUT2D eigenvalue weighted by Gasteiger charge is 2.44. The van der Waals surface area contributed by atoms with Gasteiger partial charge in [0.05, 0.1) is 0 Å². The molecule has 3 N–H and O–H groups in total. The fraction of sp³-hybridized carbons (Fsp3) is 0.679. The highest BCUT2D eigenvalue weighted by Crippen LogP contribution is 2.35. The molecule has 1 aromatic rings. The van der Waals surface area contributed by atoms with Crippen molar-refractivity contribution in [2.45, 2.75) is 118 Å². The fourth-order valence-corrected chi connectivity index (χ4v) is 4.06. The van der Waals surface area contributed by atoms with E-state index in [2.05, 4.69) is 10.6 Å². The van der Waals surface area contributed by atoms with E-state index in [1.165, 1.54) is 11.0 Å². The average molecular weight is 506 g/mol. The second-order valence-electron chi connectivity index (χ2n) is 11.5.